The molecule has 1 aliphatic rings. The smallest absolute Gasteiger partial charge is 0.329 e. The largest absolute Gasteiger partial charge is 0.342 e. The van der Waals surface area contributed by atoms with Gasteiger partial charge in [0.1, 0.15) is 0 Å². The molecule has 0 bridgehead atoms. The minimum absolute atomic E-state index is 0.383. The lowest BCUT2D eigenvalue weighted by Crippen LogP contribution is -2.36. The number of aromatic amines is 1. The predicted octanol–water partition coefficient (Wildman–Crippen LogP) is 1.94. The lowest BCUT2D eigenvalue weighted by atomic mass is 10.0. The molecule has 0 amide bonds. The second-order valence-electron chi connectivity index (χ2n) is 7.93. The van der Waals surface area contributed by atoms with Gasteiger partial charge in [-0.3, -0.25) is 14.3 Å². The number of rotatable bonds is 6. The van der Waals surface area contributed by atoms with Gasteiger partial charge in [0, 0.05) is 44.3 Å². The molecule has 30 heavy (non-hydrogen) atoms. The normalized spacial score (nSPS) is 17.0. The summed E-state index contributed by atoms with van der Waals surface area (Å²) >= 11 is 1.60. The van der Waals surface area contributed by atoms with Gasteiger partial charge in [-0.25, -0.2) is 14.8 Å². The second kappa shape index (κ2) is 8.63. The summed E-state index contributed by atoms with van der Waals surface area (Å²) < 4.78 is 3.39. The maximum atomic E-state index is 12.7. The first-order chi connectivity index (χ1) is 14.4. The highest BCUT2D eigenvalue weighted by Crippen LogP contribution is 2.26. The SMILES string of the molecule is Cc1ccnc(SCCCn2c(N3CCC[C@H](C)C3)nc3c2c(=O)[nH]c(=O)n3C)n1. The fraction of sp³-hybridized carbons (Fsp3) is 0.550. The van der Waals surface area contributed by atoms with Crippen LogP contribution >= 0.6 is 11.8 Å². The average molecular weight is 430 g/mol. The van der Waals surface area contributed by atoms with Crippen molar-refractivity contribution in [2.24, 2.45) is 13.0 Å². The van der Waals surface area contributed by atoms with E-state index in [1.165, 1.54) is 11.0 Å². The van der Waals surface area contributed by atoms with Gasteiger partial charge in [-0.15, -0.1) is 0 Å². The van der Waals surface area contributed by atoms with E-state index in [1.807, 2.05) is 17.6 Å². The number of thioether (sulfide) groups is 1. The van der Waals surface area contributed by atoms with Crippen molar-refractivity contribution in [2.75, 3.05) is 23.7 Å². The molecule has 0 radical (unpaired) electrons. The van der Waals surface area contributed by atoms with Crippen molar-refractivity contribution in [3.8, 4) is 0 Å². The highest BCUT2D eigenvalue weighted by atomic mass is 32.2. The third-order valence-electron chi connectivity index (χ3n) is 5.46. The summed E-state index contributed by atoms with van der Waals surface area (Å²) in [5, 5.41) is 0.760. The number of hydrogen-bond donors (Lipinski definition) is 1. The molecule has 1 fully saturated rings. The number of piperidine rings is 1. The standard InChI is InChI=1S/C20H27N7O2S/c1-13-6-4-9-26(12-13)19-23-16-15(17(28)24-20(29)25(16)3)27(19)10-5-11-30-18-21-8-7-14(2)22-18/h7-8,13H,4-6,9-12H2,1-3H3,(H,24,28,29)/t13-/m0/s1. The van der Waals surface area contributed by atoms with E-state index in [4.69, 9.17) is 4.98 Å². The summed E-state index contributed by atoms with van der Waals surface area (Å²) in [6.45, 7) is 6.63. The van der Waals surface area contributed by atoms with Crippen LogP contribution in [0.1, 0.15) is 31.9 Å². The van der Waals surface area contributed by atoms with Crippen molar-refractivity contribution < 1.29 is 0 Å². The molecule has 1 aliphatic heterocycles. The van der Waals surface area contributed by atoms with Gasteiger partial charge in [0.15, 0.2) is 16.3 Å². The number of nitrogens with zero attached hydrogens (tertiary/aromatic N) is 6. The highest BCUT2D eigenvalue weighted by Gasteiger charge is 2.24. The van der Waals surface area contributed by atoms with Crippen molar-refractivity contribution >= 4 is 28.9 Å². The van der Waals surface area contributed by atoms with Crippen LogP contribution in [0.3, 0.4) is 0 Å². The van der Waals surface area contributed by atoms with Crippen LogP contribution in [0.5, 0.6) is 0 Å². The van der Waals surface area contributed by atoms with Gasteiger partial charge in [-0.05, 0) is 38.2 Å². The monoisotopic (exact) mass is 429 g/mol. The van der Waals surface area contributed by atoms with Gasteiger partial charge in [0.2, 0.25) is 5.95 Å². The Hall–Kier alpha value is -2.62. The molecule has 9 nitrogen and oxygen atoms in total. The number of imidazole rings is 1. The minimum atomic E-state index is -0.442. The number of nitrogens with one attached hydrogen (secondary N) is 1. The Labute approximate surface area is 178 Å². The third kappa shape index (κ3) is 4.14. The van der Waals surface area contributed by atoms with Crippen LogP contribution in [0.4, 0.5) is 5.95 Å². The lowest BCUT2D eigenvalue weighted by Gasteiger charge is -2.32. The Morgan fingerprint density at radius 1 is 1.30 bits per heavy atom. The highest BCUT2D eigenvalue weighted by molar-refractivity contribution is 7.99. The van der Waals surface area contributed by atoms with Crippen LogP contribution < -0.4 is 16.1 Å². The van der Waals surface area contributed by atoms with Gasteiger partial charge in [-0.1, -0.05) is 18.7 Å². The van der Waals surface area contributed by atoms with Gasteiger partial charge < -0.3 is 9.47 Å². The summed E-state index contributed by atoms with van der Waals surface area (Å²) in [6.07, 6.45) is 4.89. The molecule has 10 heteroatoms. The van der Waals surface area contributed by atoms with E-state index in [9.17, 15) is 9.59 Å². The van der Waals surface area contributed by atoms with Crippen LogP contribution in [0, 0.1) is 12.8 Å². The van der Waals surface area contributed by atoms with E-state index in [-0.39, 0.29) is 5.56 Å². The van der Waals surface area contributed by atoms with Gasteiger partial charge >= 0.3 is 5.69 Å². The van der Waals surface area contributed by atoms with E-state index < -0.39 is 5.69 Å². The quantitative estimate of drug-likeness (QED) is 0.363. The van der Waals surface area contributed by atoms with E-state index in [2.05, 4.69) is 26.8 Å². The zero-order valence-electron chi connectivity index (χ0n) is 17.6. The number of aromatic nitrogens is 6. The summed E-state index contributed by atoms with van der Waals surface area (Å²) in [7, 11) is 1.64. The van der Waals surface area contributed by atoms with Gasteiger partial charge in [0.25, 0.3) is 5.56 Å². The van der Waals surface area contributed by atoms with E-state index in [1.54, 1.807) is 25.0 Å². The molecular formula is C20H27N7O2S. The van der Waals surface area contributed by atoms with Crippen LogP contribution in [-0.4, -0.2) is 47.9 Å². The fourth-order valence-corrected chi connectivity index (χ4v) is 4.73. The van der Waals surface area contributed by atoms with Crippen molar-refractivity contribution in [1.82, 2.24) is 29.1 Å². The summed E-state index contributed by atoms with van der Waals surface area (Å²) in [6, 6.07) is 1.88. The molecule has 1 saturated heterocycles. The van der Waals surface area contributed by atoms with Gasteiger partial charge in [0.05, 0.1) is 0 Å². The molecular weight excluding hydrogens is 402 g/mol. The molecule has 160 valence electrons. The number of H-pyrrole nitrogens is 1. The Balaban J connectivity index is 1.62. The van der Waals surface area contributed by atoms with E-state index in [0.29, 0.717) is 23.6 Å². The predicted molar refractivity (Wildman–Crippen MR) is 118 cm³/mol. The molecule has 3 aromatic heterocycles. The molecule has 1 N–H and O–H groups in total. The Bertz CT molecular complexity index is 1170. The van der Waals surface area contributed by atoms with E-state index in [0.717, 1.165) is 48.5 Å². The molecule has 4 heterocycles. The lowest BCUT2D eigenvalue weighted by molar-refractivity contribution is 0.438. The van der Waals surface area contributed by atoms with Crippen LogP contribution in [0.25, 0.3) is 11.2 Å². The van der Waals surface area contributed by atoms with Crippen LogP contribution in [-0.2, 0) is 13.6 Å². The van der Waals surface area contributed by atoms with Crippen molar-refractivity contribution in [3.05, 3.63) is 38.8 Å². The van der Waals surface area contributed by atoms with Crippen LogP contribution in [0.2, 0.25) is 0 Å². The molecule has 4 rings (SSSR count). The topological polar surface area (TPSA) is 102 Å². The van der Waals surface area contributed by atoms with Crippen molar-refractivity contribution in [3.63, 3.8) is 0 Å². The molecule has 0 aliphatic carbocycles. The van der Waals surface area contributed by atoms with Crippen molar-refractivity contribution in [2.45, 2.75) is 44.8 Å². The zero-order chi connectivity index (χ0) is 21.3. The number of anilines is 1. The fourth-order valence-electron chi connectivity index (χ4n) is 3.93. The Kier molecular flexibility index (Phi) is 5.94. The first kappa shape index (κ1) is 20.6. The summed E-state index contributed by atoms with van der Waals surface area (Å²) in [5.41, 5.74) is 1.02. The molecule has 0 unspecified atom stereocenters. The third-order valence-corrected chi connectivity index (χ3v) is 6.40. The van der Waals surface area contributed by atoms with Gasteiger partial charge in [-0.2, -0.15) is 4.98 Å². The zero-order valence-corrected chi connectivity index (χ0v) is 18.4. The maximum Gasteiger partial charge on any atom is 0.329 e. The summed E-state index contributed by atoms with van der Waals surface area (Å²) in [4.78, 5) is 42.8. The molecule has 3 aromatic rings. The van der Waals surface area contributed by atoms with Crippen LogP contribution in [0.15, 0.2) is 27.0 Å². The summed E-state index contributed by atoms with van der Waals surface area (Å²) in [5.74, 6) is 2.17. The number of fused-ring (bicyclic) bond motifs is 1. The number of hydrogen-bond acceptors (Lipinski definition) is 7. The number of aryl methyl sites for hydroxylation is 3. The van der Waals surface area contributed by atoms with Crippen molar-refractivity contribution in [1.29, 1.82) is 0 Å². The Morgan fingerprint density at radius 2 is 2.13 bits per heavy atom. The maximum absolute atomic E-state index is 12.7. The molecule has 0 spiro atoms. The minimum Gasteiger partial charge on any atom is -0.342 e. The average Bonchev–Trinajstić information content (AvgIpc) is 3.10. The molecule has 0 aromatic carbocycles. The molecule has 1 atom stereocenters. The Morgan fingerprint density at radius 3 is 2.90 bits per heavy atom. The molecule has 0 saturated carbocycles. The first-order valence-corrected chi connectivity index (χ1v) is 11.3. The second-order valence-corrected chi connectivity index (χ2v) is 8.99. The first-order valence-electron chi connectivity index (χ1n) is 10.3. The van der Waals surface area contributed by atoms with E-state index >= 15 is 0 Å².